The van der Waals surface area contributed by atoms with E-state index < -0.39 is 58.4 Å². The molecule has 2 bridgehead atoms. The predicted molar refractivity (Wildman–Crippen MR) is 94.6 cm³/mol. The molecule has 4 nitrogen and oxygen atoms in total. The summed E-state index contributed by atoms with van der Waals surface area (Å²) in [5.74, 6) is -10.6. The van der Waals surface area contributed by atoms with Gasteiger partial charge >= 0.3 is 6.09 Å². The number of carbonyl (C=O) groups is 1. The largest absolute Gasteiger partial charge is 0.445 e. The standard InChI is InChI=1S/C21H18F5NO3/c22-15-14(16(23)18(25)19(26)17(15)24)21(29)8-12-6-7-13(9-21)27(12)20(28)30-10-11-4-2-1-3-5-11/h1-5,12-13,29H,6-10H2. The molecule has 2 aliphatic rings. The Hall–Kier alpha value is -2.68. The van der Waals surface area contributed by atoms with Gasteiger partial charge in [-0.3, -0.25) is 0 Å². The summed E-state index contributed by atoms with van der Waals surface area (Å²) in [5.41, 5.74) is -2.76. The Kier molecular flexibility index (Phi) is 5.17. The van der Waals surface area contributed by atoms with E-state index in [1.54, 1.807) is 24.3 Å². The van der Waals surface area contributed by atoms with Crippen molar-refractivity contribution >= 4 is 6.09 Å². The quantitative estimate of drug-likeness (QED) is 0.445. The van der Waals surface area contributed by atoms with E-state index in [9.17, 15) is 31.9 Å². The summed E-state index contributed by atoms with van der Waals surface area (Å²) in [6, 6.07) is 7.66. The summed E-state index contributed by atoms with van der Waals surface area (Å²) in [4.78, 5) is 14.0. The monoisotopic (exact) mass is 427 g/mol. The van der Waals surface area contributed by atoms with Crippen molar-refractivity contribution in [1.82, 2.24) is 4.90 Å². The molecule has 1 amide bonds. The van der Waals surface area contributed by atoms with E-state index in [1.165, 1.54) is 4.90 Å². The lowest BCUT2D eigenvalue weighted by molar-refractivity contribution is -0.0587. The van der Waals surface area contributed by atoms with Crippen LogP contribution >= 0.6 is 0 Å². The predicted octanol–water partition coefficient (Wildman–Crippen LogP) is 4.53. The zero-order valence-electron chi connectivity index (χ0n) is 15.7. The lowest BCUT2D eigenvalue weighted by atomic mass is 9.80. The average molecular weight is 427 g/mol. The number of hydrogen-bond donors (Lipinski definition) is 1. The average Bonchev–Trinajstić information content (AvgIpc) is 3.02. The molecule has 2 aromatic carbocycles. The molecule has 0 aliphatic carbocycles. The number of rotatable bonds is 3. The molecule has 30 heavy (non-hydrogen) atoms. The Bertz CT molecular complexity index is 941. The molecule has 0 spiro atoms. The van der Waals surface area contributed by atoms with Gasteiger partial charge in [0, 0.05) is 24.9 Å². The molecule has 4 rings (SSSR count). The summed E-state index contributed by atoms with van der Waals surface area (Å²) >= 11 is 0. The fourth-order valence-electron chi connectivity index (χ4n) is 4.53. The minimum Gasteiger partial charge on any atom is -0.445 e. The first-order valence-electron chi connectivity index (χ1n) is 9.46. The number of hydrogen-bond acceptors (Lipinski definition) is 3. The van der Waals surface area contributed by atoms with Gasteiger partial charge in [-0.05, 0) is 18.4 Å². The zero-order chi connectivity index (χ0) is 21.6. The Morgan fingerprint density at radius 2 is 1.43 bits per heavy atom. The minimum absolute atomic E-state index is 0.0253. The third-order valence-corrected chi connectivity index (χ3v) is 5.86. The maximum absolute atomic E-state index is 14.3. The molecule has 0 radical (unpaired) electrons. The highest BCUT2D eigenvalue weighted by Crippen LogP contribution is 2.48. The van der Waals surface area contributed by atoms with Crippen LogP contribution in [0.3, 0.4) is 0 Å². The second-order valence-corrected chi connectivity index (χ2v) is 7.72. The molecular formula is C21H18F5NO3. The molecule has 1 N–H and O–H groups in total. The lowest BCUT2D eigenvalue weighted by Crippen LogP contribution is -2.52. The molecule has 0 saturated carbocycles. The van der Waals surface area contributed by atoms with E-state index in [1.807, 2.05) is 6.07 Å². The van der Waals surface area contributed by atoms with Crippen LogP contribution in [-0.2, 0) is 16.9 Å². The Morgan fingerprint density at radius 3 is 1.97 bits per heavy atom. The number of carbonyl (C=O) groups excluding carboxylic acids is 1. The molecule has 2 heterocycles. The van der Waals surface area contributed by atoms with Crippen LogP contribution in [0.15, 0.2) is 30.3 Å². The number of ether oxygens (including phenoxy) is 1. The number of benzene rings is 2. The lowest BCUT2D eigenvalue weighted by Gasteiger charge is -2.43. The zero-order valence-corrected chi connectivity index (χ0v) is 15.7. The van der Waals surface area contributed by atoms with Gasteiger partial charge in [0.05, 0.1) is 11.2 Å². The van der Waals surface area contributed by atoms with Gasteiger partial charge in [-0.1, -0.05) is 30.3 Å². The van der Waals surface area contributed by atoms with Crippen LogP contribution in [0, 0.1) is 29.1 Å². The summed E-state index contributed by atoms with van der Waals surface area (Å²) in [5, 5.41) is 10.9. The van der Waals surface area contributed by atoms with Gasteiger partial charge in [-0.15, -0.1) is 0 Å². The van der Waals surface area contributed by atoms with E-state index in [4.69, 9.17) is 4.74 Å². The van der Waals surface area contributed by atoms with Crippen LogP contribution in [0.25, 0.3) is 0 Å². The number of amides is 1. The summed E-state index contributed by atoms with van der Waals surface area (Å²) in [6.07, 6.45) is -0.526. The first-order valence-corrected chi connectivity index (χ1v) is 9.46. The van der Waals surface area contributed by atoms with E-state index in [0.717, 1.165) is 5.56 Å². The topological polar surface area (TPSA) is 49.8 Å². The van der Waals surface area contributed by atoms with Crippen molar-refractivity contribution in [2.24, 2.45) is 0 Å². The van der Waals surface area contributed by atoms with Gasteiger partial charge in [0.1, 0.15) is 6.61 Å². The van der Waals surface area contributed by atoms with Crippen molar-refractivity contribution in [2.45, 2.75) is 50.0 Å². The number of nitrogens with zero attached hydrogens (tertiary/aromatic N) is 1. The maximum Gasteiger partial charge on any atom is 0.410 e. The number of piperidine rings is 1. The molecule has 0 aromatic heterocycles. The van der Waals surface area contributed by atoms with Crippen molar-refractivity contribution in [3.8, 4) is 0 Å². The highest BCUT2D eigenvalue weighted by molar-refractivity contribution is 5.69. The normalized spacial score (nSPS) is 25.5. The highest BCUT2D eigenvalue weighted by atomic mass is 19.2. The summed E-state index contributed by atoms with van der Waals surface area (Å²) < 4.78 is 74.5. The van der Waals surface area contributed by atoms with Crippen molar-refractivity contribution in [3.05, 3.63) is 70.5 Å². The van der Waals surface area contributed by atoms with Crippen LogP contribution < -0.4 is 0 Å². The SMILES string of the molecule is O=C(OCc1ccccc1)N1C2CCC1CC(O)(c1c(F)c(F)c(F)c(F)c1F)C2. The van der Waals surface area contributed by atoms with Crippen LogP contribution in [0.4, 0.5) is 26.7 Å². The molecule has 9 heteroatoms. The third-order valence-electron chi connectivity index (χ3n) is 5.86. The molecule has 2 aliphatic heterocycles. The Labute approximate surface area is 168 Å². The van der Waals surface area contributed by atoms with Gasteiger partial charge in [-0.2, -0.15) is 0 Å². The van der Waals surface area contributed by atoms with Crippen LogP contribution in [0.5, 0.6) is 0 Å². The molecule has 2 unspecified atom stereocenters. The van der Waals surface area contributed by atoms with Crippen molar-refractivity contribution in [3.63, 3.8) is 0 Å². The van der Waals surface area contributed by atoms with E-state index in [2.05, 4.69) is 0 Å². The van der Waals surface area contributed by atoms with Crippen molar-refractivity contribution < 1.29 is 36.6 Å². The van der Waals surface area contributed by atoms with Gasteiger partial charge in [0.25, 0.3) is 0 Å². The van der Waals surface area contributed by atoms with Crippen molar-refractivity contribution in [2.75, 3.05) is 0 Å². The van der Waals surface area contributed by atoms with Crippen molar-refractivity contribution in [1.29, 1.82) is 0 Å². The first-order chi connectivity index (χ1) is 14.2. The number of aliphatic hydroxyl groups is 1. The maximum atomic E-state index is 14.3. The molecular weight excluding hydrogens is 409 g/mol. The Balaban J connectivity index is 1.56. The van der Waals surface area contributed by atoms with Crippen LogP contribution in [-0.4, -0.2) is 28.2 Å². The van der Waals surface area contributed by atoms with Crippen LogP contribution in [0.2, 0.25) is 0 Å². The van der Waals surface area contributed by atoms with Gasteiger partial charge in [-0.25, -0.2) is 26.7 Å². The molecule has 2 aromatic rings. The third kappa shape index (κ3) is 3.30. The molecule has 2 saturated heterocycles. The summed E-state index contributed by atoms with van der Waals surface area (Å²) in [6.45, 7) is 0.0253. The van der Waals surface area contributed by atoms with E-state index in [0.29, 0.717) is 12.8 Å². The number of fused-ring (bicyclic) bond motifs is 2. The molecule has 2 fully saturated rings. The molecule has 160 valence electrons. The minimum atomic E-state index is -2.29. The second kappa shape index (κ2) is 7.54. The highest BCUT2D eigenvalue weighted by Gasteiger charge is 2.53. The van der Waals surface area contributed by atoms with E-state index >= 15 is 0 Å². The van der Waals surface area contributed by atoms with Gasteiger partial charge in [0.15, 0.2) is 23.3 Å². The molecule has 2 atom stereocenters. The second-order valence-electron chi connectivity index (χ2n) is 7.72. The number of halogens is 5. The van der Waals surface area contributed by atoms with Gasteiger partial charge < -0.3 is 14.7 Å². The smallest absolute Gasteiger partial charge is 0.410 e. The Morgan fingerprint density at radius 1 is 0.933 bits per heavy atom. The fourth-order valence-corrected chi connectivity index (χ4v) is 4.53. The van der Waals surface area contributed by atoms with Crippen LogP contribution in [0.1, 0.15) is 36.8 Å². The van der Waals surface area contributed by atoms with Gasteiger partial charge in [0.2, 0.25) is 5.82 Å². The fraction of sp³-hybridized carbons (Fsp3) is 0.381. The first kappa shape index (κ1) is 20.6. The summed E-state index contributed by atoms with van der Waals surface area (Å²) in [7, 11) is 0. The van der Waals surface area contributed by atoms with E-state index in [-0.39, 0.29) is 19.4 Å².